The average Bonchev–Trinajstić information content (AvgIpc) is 2.14. The van der Waals surface area contributed by atoms with Crippen LogP contribution < -0.4 is 0 Å². The molecule has 1 unspecified atom stereocenters. The Morgan fingerprint density at radius 3 is 2.56 bits per heavy atom. The van der Waals surface area contributed by atoms with Crippen LogP contribution in [0.25, 0.3) is 0 Å². The molecule has 0 amide bonds. The molecule has 1 heterocycles. The van der Waals surface area contributed by atoms with Crippen molar-refractivity contribution in [2.24, 2.45) is 10.9 Å². The van der Waals surface area contributed by atoms with Crippen molar-refractivity contribution in [3.05, 3.63) is 0 Å². The van der Waals surface area contributed by atoms with E-state index in [1.54, 1.807) is 0 Å². The SMILES string of the molecule is CC1=NC(C(C)C)CS1. The zero-order valence-corrected chi connectivity index (χ0v) is 7.03. The molecule has 0 radical (unpaired) electrons. The van der Waals surface area contributed by atoms with Gasteiger partial charge in [0.05, 0.1) is 11.1 Å². The quantitative estimate of drug-likeness (QED) is 0.548. The fourth-order valence-corrected chi connectivity index (χ4v) is 1.94. The van der Waals surface area contributed by atoms with Crippen LogP contribution in [0.1, 0.15) is 20.8 Å². The first-order chi connectivity index (χ1) is 4.20. The van der Waals surface area contributed by atoms with Gasteiger partial charge < -0.3 is 0 Å². The van der Waals surface area contributed by atoms with Crippen molar-refractivity contribution in [3.8, 4) is 0 Å². The summed E-state index contributed by atoms with van der Waals surface area (Å²) in [5.41, 5.74) is 0. The molecule has 0 fully saturated rings. The third-order valence-electron chi connectivity index (χ3n) is 1.58. The van der Waals surface area contributed by atoms with Gasteiger partial charge in [0.1, 0.15) is 0 Å². The summed E-state index contributed by atoms with van der Waals surface area (Å²) in [5.74, 6) is 1.92. The van der Waals surface area contributed by atoms with Crippen LogP contribution in [0.3, 0.4) is 0 Å². The third-order valence-corrected chi connectivity index (χ3v) is 2.61. The van der Waals surface area contributed by atoms with Crippen molar-refractivity contribution in [2.45, 2.75) is 26.8 Å². The van der Waals surface area contributed by atoms with Crippen molar-refractivity contribution >= 4 is 16.8 Å². The lowest BCUT2D eigenvalue weighted by molar-refractivity contribution is 0.543. The second-order valence-electron chi connectivity index (χ2n) is 2.77. The average molecular weight is 143 g/mol. The van der Waals surface area contributed by atoms with Crippen molar-refractivity contribution in [1.29, 1.82) is 0 Å². The van der Waals surface area contributed by atoms with E-state index in [2.05, 4.69) is 25.8 Å². The van der Waals surface area contributed by atoms with Crippen LogP contribution in [-0.2, 0) is 0 Å². The Balaban J connectivity index is 2.47. The molecule has 1 rings (SSSR count). The standard InChI is InChI=1S/C7H13NS/c1-5(2)7-4-9-6(3)8-7/h5,7H,4H2,1-3H3. The van der Waals surface area contributed by atoms with E-state index in [4.69, 9.17) is 0 Å². The highest BCUT2D eigenvalue weighted by molar-refractivity contribution is 8.14. The fraction of sp³-hybridized carbons (Fsp3) is 0.857. The lowest BCUT2D eigenvalue weighted by atomic mass is 10.1. The van der Waals surface area contributed by atoms with Crippen LogP contribution in [0.15, 0.2) is 4.99 Å². The number of nitrogens with zero attached hydrogens (tertiary/aromatic N) is 1. The maximum absolute atomic E-state index is 4.47. The van der Waals surface area contributed by atoms with Crippen LogP contribution in [0.2, 0.25) is 0 Å². The monoisotopic (exact) mass is 143 g/mol. The smallest absolute Gasteiger partial charge is 0.0649 e. The summed E-state index contributed by atoms with van der Waals surface area (Å²) in [6.45, 7) is 6.55. The number of hydrogen-bond acceptors (Lipinski definition) is 2. The molecule has 0 spiro atoms. The van der Waals surface area contributed by atoms with Gasteiger partial charge in [0.15, 0.2) is 0 Å². The topological polar surface area (TPSA) is 12.4 Å². The lowest BCUT2D eigenvalue weighted by Crippen LogP contribution is -2.11. The first-order valence-electron chi connectivity index (χ1n) is 3.37. The number of hydrogen-bond donors (Lipinski definition) is 0. The van der Waals surface area contributed by atoms with Gasteiger partial charge in [-0.25, -0.2) is 0 Å². The fourth-order valence-electron chi connectivity index (χ4n) is 0.856. The molecule has 52 valence electrons. The number of rotatable bonds is 1. The lowest BCUT2D eigenvalue weighted by Gasteiger charge is -2.07. The van der Waals surface area contributed by atoms with Gasteiger partial charge >= 0.3 is 0 Å². The largest absolute Gasteiger partial charge is 0.279 e. The Hall–Kier alpha value is 0.0200. The van der Waals surface area contributed by atoms with E-state index < -0.39 is 0 Å². The van der Waals surface area contributed by atoms with Crippen LogP contribution in [0.4, 0.5) is 0 Å². The van der Waals surface area contributed by atoms with E-state index in [1.807, 2.05) is 11.8 Å². The van der Waals surface area contributed by atoms with Gasteiger partial charge in [-0.3, -0.25) is 4.99 Å². The molecule has 0 N–H and O–H groups in total. The molecule has 1 aliphatic rings. The summed E-state index contributed by atoms with van der Waals surface area (Å²) in [5, 5.41) is 1.26. The van der Waals surface area contributed by atoms with E-state index in [0.717, 1.165) is 5.92 Å². The molecule has 1 aliphatic heterocycles. The summed E-state index contributed by atoms with van der Waals surface area (Å²) in [6, 6.07) is 0.593. The first kappa shape index (κ1) is 7.13. The van der Waals surface area contributed by atoms with Crippen LogP contribution in [0.5, 0.6) is 0 Å². The van der Waals surface area contributed by atoms with E-state index in [9.17, 15) is 0 Å². The van der Waals surface area contributed by atoms with Gasteiger partial charge in [0.25, 0.3) is 0 Å². The highest BCUT2D eigenvalue weighted by Crippen LogP contribution is 2.22. The minimum Gasteiger partial charge on any atom is -0.279 e. The van der Waals surface area contributed by atoms with E-state index in [0.29, 0.717) is 6.04 Å². The van der Waals surface area contributed by atoms with Crippen molar-refractivity contribution in [1.82, 2.24) is 0 Å². The molecule has 0 bridgehead atoms. The molecule has 1 nitrogen and oxygen atoms in total. The molecule has 0 aromatic carbocycles. The molecule has 9 heavy (non-hydrogen) atoms. The summed E-state index contributed by atoms with van der Waals surface area (Å²) >= 11 is 1.88. The van der Waals surface area contributed by atoms with Crippen LogP contribution >= 0.6 is 11.8 Å². The Morgan fingerprint density at radius 1 is 1.67 bits per heavy atom. The van der Waals surface area contributed by atoms with Crippen LogP contribution in [-0.4, -0.2) is 16.8 Å². The molecule has 1 atom stereocenters. The Labute approximate surface area is 60.9 Å². The predicted octanol–water partition coefficient (Wildman–Crippen LogP) is 2.18. The zero-order chi connectivity index (χ0) is 6.85. The Morgan fingerprint density at radius 2 is 2.33 bits per heavy atom. The maximum atomic E-state index is 4.47. The Kier molecular flexibility index (Phi) is 2.17. The molecule has 0 aliphatic carbocycles. The summed E-state index contributed by atoms with van der Waals surface area (Å²) in [7, 11) is 0. The number of thioether (sulfide) groups is 1. The van der Waals surface area contributed by atoms with Gasteiger partial charge in [-0.15, -0.1) is 11.8 Å². The van der Waals surface area contributed by atoms with Gasteiger partial charge in [-0.2, -0.15) is 0 Å². The minimum absolute atomic E-state index is 0.593. The molecule has 0 saturated heterocycles. The van der Waals surface area contributed by atoms with E-state index in [1.165, 1.54) is 10.8 Å². The van der Waals surface area contributed by atoms with E-state index in [-0.39, 0.29) is 0 Å². The normalized spacial score (nSPS) is 27.1. The molecule has 0 aromatic rings. The van der Waals surface area contributed by atoms with Crippen molar-refractivity contribution in [2.75, 3.05) is 5.75 Å². The van der Waals surface area contributed by atoms with Gasteiger partial charge in [0.2, 0.25) is 0 Å². The summed E-state index contributed by atoms with van der Waals surface area (Å²) in [4.78, 5) is 4.47. The molecule has 0 saturated carbocycles. The zero-order valence-electron chi connectivity index (χ0n) is 6.22. The second-order valence-corrected chi connectivity index (χ2v) is 3.98. The number of aliphatic imine (C=N–C) groups is 1. The Bertz CT molecular complexity index is 129. The predicted molar refractivity (Wildman–Crippen MR) is 44.2 cm³/mol. The summed E-state index contributed by atoms with van der Waals surface area (Å²) < 4.78 is 0. The highest BCUT2D eigenvalue weighted by Gasteiger charge is 2.17. The van der Waals surface area contributed by atoms with Gasteiger partial charge in [0, 0.05) is 5.75 Å². The summed E-state index contributed by atoms with van der Waals surface area (Å²) in [6.07, 6.45) is 0. The molecular weight excluding hydrogens is 130 g/mol. The third kappa shape index (κ3) is 1.71. The van der Waals surface area contributed by atoms with E-state index >= 15 is 0 Å². The minimum atomic E-state index is 0.593. The van der Waals surface area contributed by atoms with Crippen molar-refractivity contribution in [3.63, 3.8) is 0 Å². The molecular formula is C7H13NS. The molecule has 2 heteroatoms. The second kappa shape index (κ2) is 2.74. The highest BCUT2D eigenvalue weighted by atomic mass is 32.2. The maximum Gasteiger partial charge on any atom is 0.0649 e. The first-order valence-corrected chi connectivity index (χ1v) is 4.36. The van der Waals surface area contributed by atoms with Gasteiger partial charge in [-0.05, 0) is 12.8 Å². The van der Waals surface area contributed by atoms with Crippen LogP contribution in [0, 0.1) is 5.92 Å². The molecule has 0 aromatic heterocycles. The van der Waals surface area contributed by atoms with Crippen molar-refractivity contribution < 1.29 is 0 Å². The van der Waals surface area contributed by atoms with Gasteiger partial charge in [-0.1, -0.05) is 13.8 Å².